The van der Waals surface area contributed by atoms with Gasteiger partial charge in [-0.05, 0) is 6.42 Å². The fourth-order valence-corrected chi connectivity index (χ4v) is 2.46. The molecule has 1 heterocycles. The zero-order valence-corrected chi connectivity index (χ0v) is 9.28. The van der Waals surface area contributed by atoms with Crippen LogP contribution in [0.4, 0.5) is 0 Å². The Bertz CT molecular complexity index is 170. The Labute approximate surface area is 88.9 Å². The maximum absolute atomic E-state index is 9.48. The van der Waals surface area contributed by atoms with E-state index in [0.29, 0.717) is 6.54 Å². The van der Waals surface area contributed by atoms with E-state index in [-0.39, 0.29) is 0 Å². The van der Waals surface area contributed by atoms with Gasteiger partial charge in [-0.1, -0.05) is 37.9 Å². The molecule has 0 aliphatic carbocycles. The number of hydrogen-bond donors (Lipinski definition) is 3. The van der Waals surface area contributed by atoms with Crippen molar-refractivity contribution in [3.8, 4) is 0 Å². The summed E-state index contributed by atoms with van der Waals surface area (Å²) in [5, 5.41) is 28.2. The van der Waals surface area contributed by atoms with Crippen LogP contribution >= 0.6 is 11.8 Å². The Morgan fingerprint density at radius 1 is 1.14 bits per heavy atom. The highest BCUT2D eigenvalue weighted by Gasteiger charge is 2.38. The molecule has 1 aliphatic heterocycles. The fourth-order valence-electron chi connectivity index (χ4n) is 1.53. The van der Waals surface area contributed by atoms with Crippen LogP contribution in [0.15, 0.2) is 0 Å². The first kappa shape index (κ1) is 12.3. The van der Waals surface area contributed by atoms with Crippen LogP contribution in [0.1, 0.15) is 32.6 Å². The van der Waals surface area contributed by atoms with Crippen LogP contribution in [0.25, 0.3) is 0 Å². The van der Waals surface area contributed by atoms with Crippen LogP contribution in [0.2, 0.25) is 0 Å². The lowest BCUT2D eigenvalue weighted by Crippen LogP contribution is -2.39. The van der Waals surface area contributed by atoms with Crippen molar-refractivity contribution in [2.45, 2.75) is 49.8 Å². The molecule has 0 bridgehead atoms. The highest BCUT2D eigenvalue weighted by atomic mass is 32.2. The van der Waals surface area contributed by atoms with Crippen LogP contribution in [-0.4, -0.2) is 44.0 Å². The number of aliphatic hydroxyl groups is 3. The van der Waals surface area contributed by atoms with Crippen molar-refractivity contribution in [2.75, 3.05) is 6.54 Å². The molecule has 1 fully saturated rings. The second-order valence-corrected chi connectivity index (χ2v) is 4.74. The zero-order chi connectivity index (χ0) is 10.6. The molecule has 0 amide bonds. The van der Waals surface area contributed by atoms with Crippen molar-refractivity contribution in [1.82, 2.24) is 4.90 Å². The number of aliphatic hydroxyl groups excluding tert-OH is 3. The molecule has 0 saturated carbocycles. The van der Waals surface area contributed by atoms with Gasteiger partial charge in [0.2, 0.25) is 0 Å². The predicted octanol–water partition coefficient (Wildman–Crippen LogP) is 0.528. The molecule has 5 heteroatoms. The van der Waals surface area contributed by atoms with Gasteiger partial charge in [-0.15, -0.1) is 0 Å². The Balaban J connectivity index is 2.22. The third kappa shape index (κ3) is 3.10. The zero-order valence-electron chi connectivity index (χ0n) is 8.46. The van der Waals surface area contributed by atoms with Gasteiger partial charge in [-0.2, -0.15) is 0 Å². The van der Waals surface area contributed by atoms with Gasteiger partial charge in [0.15, 0.2) is 5.56 Å². The highest BCUT2D eigenvalue weighted by Crippen LogP contribution is 2.31. The van der Waals surface area contributed by atoms with Gasteiger partial charge in [-0.3, -0.25) is 0 Å². The van der Waals surface area contributed by atoms with Crippen LogP contribution in [0, 0.1) is 0 Å². The van der Waals surface area contributed by atoms with Crippen LogP contribution in [0.3, 0.4) is 0 Å². The number of nitrogens with zero attached hydrogens (tertiary/aromatic N) is 1. The Kier molecular flexibility index (Phi) is 5.19. The van der Waals surface area contributed by atoms with E-state index in [1.165, 1.54) is 17.7 Å². The largest absolute Gasteiger partial charge is 0.378 e. The molecule has 1 rings (SSSR count). The van der Waals surface area contributed by atoms with Gasteiger partial charge in [0, 0.05) is 6.54 Å². The first-order valence-electron chi connectivity index (χ1n) is 5.12. The van der Waals surface area contributed by atoms with Crippen molar-refractivity contribution >= 4 is 11.8 Å². The second kappa shape index (κ2) is 5.92. The van der Waals surface area contributed by atoms with Crippen molar-refractivity contribution in [3.63, 3.8) is 0 Å². The van der Waals surface area contributed by atoms with E-state index in [9.17, 15) is 15.3 Å². The quantitative estimate of drug-likeness (QED) is 0.591. The SMILES string of the molecule is CCCCCCN1C(O)SC(O)C1O. The number of unbranched alkanes of at least 4 members (excludes halogenated alkanes) is 3. The average Bonchev–Trinajstić information content (AvgIpc) is 2.38. The molecule has 1 saturated heterocycles. The van der Waals surface area contributed by atoms with E-state index in [1.807, 2.05) is 0 Å². The second-order valence-electron chi connectivity index (χ2n) is 3.57. The molecule has 3 N–H and O–H groups in total. The lowest BCUT2D eigenvalue weighted by atomic mass is 10.2. The van der Waals surface area contributed by atoms with Crippen molar-refractivity contribution in [1.29, 1.82) is 0 Å². The topological polar surface area (TPSA) is 63.9 Å². The Morgan fingerprint density at radius 2 is 1.86 bits per heavy atom. The van der Waals surface area contributed by atoms with Crippen molar-refractivity contribution < 1.29 is 15.3 Å². The Morgan fingerprint density at radius 3 is 2.36 bits per heavy atom. The van der Waals surface area contributed by atoms with E-state index in [0.717, 1.165) is 24.6 Å². The van der Waals surface area contributed by atoms with Crippen LogP contribution in [-0.2, 0) is 0 Å². The number of thioether (sulfide) groups is 1. The molecule has 0 radical (unpaired) electrons. The van der Waals surface area contributed by atoms with Gasteiger partial charge in [-0.25, -0.2) is 4.90 Å². The van der Waals surface area contributed by atoms with Crippen LogP contribution < -0.4 is 0 Å². The molecule has 0 aromatic heterocycles. The summed E-state index contributed by atoms with van der Waals surface area (Å²) in [6.45, 7) is 2.78. The summed E-state index contributed by atoms with van der Waals surface area (Å²) in [5.41, 5.74) is -1.64. The molecule has 0 aromatic carbocycles. The van der Waals surface area contributed by atoms with Gasteiger partial charge in [0.25, 0.3) is 0 Å². The summed E-state index contributed by atoms with van der Waals surface area (Å²) < 4.78 is 0. The lowest BCUT2D eigenvalue weighted by Gasteiger charge is -2.22. The van der Waals surface area contributed by atoms with E-state index in [4.69, 9.17) is 0 Å². The summed E-state index contributed by atoms with van der Waals surface area (Å²) in [6, 6.07) is 0. The fraction of sp³-hybridized carbons (Fsp3) is 1.00. The van der Waals surface area contributed by atoms with Crippen molar-refractivity contribution in [3.05, 3.63) is 0 Å². The van der Waals surface area contributed by atoms with E-state index < -0.39 is 17.2 Å². The first-order chi connectivity index (χ1) is 6.66. The van der Waals surface area contributed by atoms with E-state index >= 15 is 0 Å². The van der Waals surface area contributed by atoms with Gasteiger partial charge in [0.1, 0.15) is 11.7 Å². The molecular formula is C9H19NO3S. The minimum Gasteiger partial charge on any atom is -0.378 e. The van der Waals surface area contributed by atoms with Gasteiger partial charge >= 0.3 is 0 Å². The maximum Gasteiger partial charge on any atom is 0.160 e. The first-order valence-corrected chi connectivity index (χ1v) is 6.06. The predicted molar refractivity (Wildman–Crippen MR) is 56.5 cm³/mol. The normalized spacial score (nSPS) is 33.9. The summed E-state index contributed by atoms with van der Waals surface area (Å²) in [6.07, 6.45) is 3.48. The summed E-state index contributed by atoms with van der Waals surface area (Å²) >= 11 is 0.987. The molecule has 4 nitrogen and oxygen atoms in total. The molecule has 1 aliphatic rings. The van der Waals surface area contributed by atoms with E-state index in [1.54, 1.807) is 0 Å². The number of rotatable bonds is 5. The number of hydrogen-bond acceptors (Lipinski definition) is 5. The summed E-state index contributed by atoms with van der Waals surface area (Å²) in [5.74, 6) is 0. The molecule has 14 heavy (non-hydrogen) atoms. The van der Waals surface area contributed by atoms with Crippen molar-refractivity contribution in [2.24, 2.45) is 0 Å². The standard InChI is InChI=1S/C9H19NO3S/c1-2-3-4-5-6-10-7(11)8(12)14-9(10)13/h7-9,11-13H,2-6H2,1H3. The van der Waals surface area contributed by atoms with Gasteiger partial charge in [0.05, 0.1) is 0 Å². The summed E-state index contributed by atoms with van der Waals surface area (Å²) in [7, 11) is 0. The summed E-state index contributed by atoms with van der Waals surface area (Å²) in [4.78, 5) is 1.53. The molecule has 0 spiro atoms. The van der Waals surface area contributed by atoms with Gasteiger partial charge < -0.3 is 15.3 Å². The minimum absolute atomic E-state index is 0.645. The van der Waals surface area contributed by atoms with E-state index in [2.05, 4.69) is 6.92 Å². The minimum atomic E-state index is -0.920. The molecule has 0 aromatic rings. The smallest absolute Gasteiger partial charge is 0.160 e. The third-order valence-electron chi connectivity index (χ3n) is 2.41. The Hall–Kier alpha value is 0.190. The molecule has 3 atom stereocenters. The maximum atomic E-state index is 9.48. The molecular weight excluding hydrogens is 202 g/mol. The monoisotopic (exact) mass is 221 g/mol. The highest BCUT2D eigenvalue weighted by molar-refractivity contribution is 8.00. The van der Waals surface area contributed by atoms with Crippen LogP contribution in [0.5, 0.6) is 0 Å². The average molecular weight is 221 g/mol. The lowest BCUT2D eigenvalue weighted by molar-refractivity contribution is -0.0760. The third-order valence-corrected chi connectivity index (χ3v) is 3.45. The molecule has 84 valence electrons. The molecule has 3 unspecified atom stereocenters.